The first-order valence-corrected chi connectivity index (χ1v) is 11.1. The van der Waals surface area contributed by atoms with Crippen molar-refractivity contribution in [3.05, 3.63) is 77.6 Å². The van der Waals surface area contributed by atoms with Crippen molar-refractivity contribution >= 4 is 38.9 Å². The number of nitrogens with one attached hydrogen (secondary N) is 1. The summed E-state index contributed by atoms with van der Waals surface area (Å²) in [5.41, 5.74) is 0.492. The Labute approximate surface area is 190 Å². The fourth-order valence-electron chi connectivity index (χ4n) is 2.87. The van der Waals surface area contributed by atoms with Crippen LogP contribution < -0.4 is 19.1 Å². The molecule has 1 amide bonds. The monoisotopic (exact) mass is 478 g/mol. The summed E-state index contributed by atoms with van der Waals surface area (Å²) >= 11 is 6.08. The maximum atomic E-state index is 13.4. The predicted molar refractivity (Wildman–Crippen MR) is 121 cm³/mol. The molecule has 3 aromatic carbocycles. The van der Waals surface area contributed by atoms with Crippen molar-refractivity contribution in [2.75, 3.05) is 30.4 Å². The number of hydrogen-bond acceptors (Lipinski definition) is 5. The average Bonchev–Trinajstić information content (AvgIpc) is 2.78. The van der Waals surface area contributed by atoms with Crippen LogP contribution in [0.5, 0.6) is 11.5 Å². The number of benzene rings is 3. The summed E-state index contributed by atoms with van der Waals surface area (Å²) in [7, 11) is -1.22. The van der Waals surface area contributed by atoms with E-state index in [0.717, 1.165) is 16.4 Å². The first kappa shape index (κ1) is 23.4. The second kappa shape index (κ2) is 9.88. The highest BCUT2D eigenvalue weighted by Gasteiger charge is 2.27. The molecule has 7 nitrogen and oxygen atoms in total. The molecule has 168 valence electrons. The summed E-state index contributed by atoms with van der Waals surface area (Å²) in [5.74, 6) is -0.244. The second-order valence-corrected chi connectivity index (χ2v) is 8.83. The summed E-state index contributed by atoms with van der Waals surface area (Å²) in [4.78, 5) is 12.7. The van der Waals surface area contributed by atoms with Gasteiger partial charge in [0.05, 0.1) is 29.8 Å². The minimum absolute atomic E-state index is 0.0529. The lowest BCUT2D eigenvalue weighted by atomic mass is 10.3. The number of carbonyl (C=O) groups excluding carboxylic acids is 1. The summed E-state index contributed by atoms with van der Waals surface area (Å²) in [6, 6.07) is 15.2. The van der Waals surface area contributed by atoms with Gasteiger partial charge in [0, 0.05) is 5.69 Å². The maximum Gasteiger partial charge on any atom is 0.264 e. The van der Waals surface area contributed by atoms with E-state index >= 15 is 0 Å². The highest BCUT2D eigenvalue weighted by Crippen LogP contribution is 2.28. The van der Waals surface area contributed by atoms with E-state index in [1.807, 2.05) is 0 Å². The zero-order chi connectivity index (χ0) is 23.3. The lowest BCUT2D eigenvalue weighted by Crippen LogP contribution is -2.38. The Kier molecular flexibility index (Phi) is 7.22. The average molecular weight is 479 g/mol. The Morgan fingerprint density at radius 2 is 1.66 bits per heavy atom. The molecule has 0 unspecified atom stereocenters. The smallest absolute Gasteiger partial charge is 0.264 e. The molecule has 0 radical (unpaired) electrons. The van der Waals surface area contributed by atoms with Crippen molar-refractivity contribution in [2.24, 2.45) is 0 Å². The van der Waals surface area contributed by atoms with Crippen molar-refractivity contribution in [2.45, 2.75) is 4.90 Å². The van der Waals surface area contributed by atoms with Gasteiger partial charge < -0.3 is 14.8 Å². The van der Waals surface area contributed by atoms with E-state index < -0.39 is 28.3 Å². The number of anilines is 2. The molecule has 0 saturated heterocycles. The Hall–Kier alpha value is -3.30. The van der Waals surface area contributed by atoms with Crippen LogP contribution in [0.4, 0.5) is 15.8 Å². The molecule has 0 aliphatic carbocycles. The van der Waals surface area contributed by atoms with Crippen molar-refractivity contribution in [1.29, 1.82) is 0 Å². The normalized spacial score (nSPS) is 11.0. The number of amides is 1. The summed E-state index contributed by atoms with van der Waals surface area (Å²) in [6.07, 6.45) is 0. The SMILES string of the molecule is COc1ccc(S(=O)(=O)N(CC(=O)Nc2ccc(OC)c(Cl)c2)c2ccc(F)cc2)cc1. The minimum atomic E-state index is -4.15. The summed E-state index contributed by atoms with van der Waals surface area (Å²) in [5, 5.41) is 2.89. The van der Waals surface area contributed by atoms with Crippen molar-refractivity contribution in [1.82, 2.24) is 0 Å². The van der Waals surface area contributed by atoms with Gasteiger partial charge in [0.15, 0.2) is 0 Å². The van der Waals surface area contributed by atoms with Crippen LogP contribution in [0.3, 0.4) is 0 Å². The fraction of sp³-hybridized carbons (Fsp3) is 0.136. The Bertz CT molecular complexity index is 1200. The highest BCUT2D eigenvalue weighted by atomic mass is 35.5. The molecule has 1 N–H and O–H groups in total. The maximum absolute atomic E-state index is 13.4. The molecule has 0 fully saturated rings. The van der Waals surface area contributed by atoms with Crippen LogP contribution in [0.25, 0.3) is 0 Å². The molecule has 0 aromatic heterocycles. The van der Waals surface area contributed by atoms with Gasteiger partial charge in [-0.3, -0.25) is 9.10 Å². The molecule has 0 saturated carbocycles. The standard InChI is InChI=1S/C22H20ClFN2O5S/c1-30-18-8-10-19(11-9-18)32(28,29)26(17-6-3-15(24)4-7-17)14-22(27)25-16-5-12-21(31-2)20(23)13-16/h3-13H,14H2,1-2H3,(H,25,27). The van der Waals surface area contributed by atoms with Crippen LogP contribution in [0.1, 0.15) is 0 Å². The van der Waals surface area contributed by atoms with Crippen LogP contribution in [0, 0.1) is 5.82 Å². The summed E-state index contributed by atoms with van der Waals surface area (Å²) < 4.78 is 51.1. The van der Waals surface area contributed by atoms with Gasteiger partial charge in [-0.05, 0) is 66.7 Å². The third-order valence-electron chi connectivity index (χ3n) is 4.48. The highest BCUT2D eigenvalue weighted by molar-refractivity contribution is 7.92. The third-order valence-corrected chi connectivity index (χ3v) is 6.57. The van der Waals surface area contributed by atoms with Gasteiger partial charge in [-0.2, -0.15) is 0 Å². The van der Waals surface area contributed by atoms with E-state index in [1.54, 1.807) is 12.1 Å². The van der Waals surface area contributed by atoms with E-state index in [2.05, 4.69) is 5.32 Å². The van der Waals surface area contributed by atoms with Gasteiger partial charge in [-0.15, -0.1) is 0 Å². The van der Waals surface area contributed by atoms with Crippen LogP contribution in [-0.4, -0.2) is 35.1 Å². The van der Waals surface area contributed by atoms with Gasteiger partial charge >= 0.3 is 0 Å². The van der Waals surface area contributed by atoms with Gasteiger partial charge in [0.1, 0.15) is 23.9 Å². The predicted octanol–water partition coefficient (Wildman–Crippen LogP) is 4.33. The van der Waals surface area contributed by atoms with Crippen LogP contribution in [-0.2, 0) is 14.8 Å². The van der Waals surface area contributed by atoms with E-state index in [1.165, 1.54) is 56.7 Å². The zero-order valence-electron chi connectivity index (χ0n) is 17.2. The van der Waals surface area contributed by atoms with Crippen molar-refractivity contribution < 1.29 is 27.1 Å². The van der Waals surface area contributed by atoms with Gasteiger partial charge in [0.2, 0.25) is 5.91 Å². The van der Waals surface area contributed by atoms with Crippen LogP contribution in [0.15, 0.2) is 71.6 Å². The molecular formula is C22H20ClFN2O5S. The molecular weight excluding hydrogens is 459 g/mol. The summed E-state index contributed by atoms with van der Waals surface area (Å²) in [6.45, 7) is -0.552. The molecule has 0 atom stereocenters. The number of sulfonamides is 1. The van der Waals surface area contributed by atoms with E-state index in [4.69, 9.17) is 21.1 Å². The van der Waals surface area contributed by atoms with Crippen molar-refractivity contribution in [3.63, 3.8) is 0 Å². The molecule has 0 aliphatic rings. The van der Waals surface area contributed by atoms with E-state index in [9.17, 15) is 17.6 Å². The first-order chi connectivity index (χ1) is 15.2. The van der Waals surface area contributed by atoms with Crippen molar-refractivity contribution in [3.8, 4) is 11.5 Å². The molecule has 10 heteroatoms. The quantitative estimate of drug-likeness (QED) is 0.521. The zero-order valence-corrected chi connectivity index (χ0v) is 18.8. The molecule has 3 rings (SSSR count). The van der Waals surface area contributed by atoms with E-state index in [0.29, 0.717) is 17.2 Å². The lowest BCUT2D eigenvalue weighted by Gasteiger charge is -2.24. The first-order valence-electron chi connectivity index (χ1n) is 9.30. The number of methoxy groups -OCH3 is 2. The number of ether oxygens (including phenoxy) is 2. The molecule has 32 heavy (non-hydrogen) atoms. The Balaban J connectivity index is 1.91. The van der Waals surface area contributed by atoms with Gasteiger partial charge in [-0.25, -0.2) is 12.8 Å². The van der Waals surface area contributed by atoms with E-state index in [-0.39, 0.29) is 15.6 Å². The Morgan fingerprint density at radius 3 is 2.22 bits per heavy atom. The minimum Gasteiger partial charge on any atom is -0.497 e. The fourth-order valence-corrected chi connectivity index (χ4v) is 4.55. The van der Waals surface area contributed by atoms with Gasteiger partial charge in [-0.1, -0.05) is 11.6 Å². The third kappa shape index (κ3) is 5.30. The molecule has 0 heterocycles. The number of nitrogens with zero attached hydrogens (tertiary/aromatic N) is 1. The molecule has 0 spiro atoms. The largest absolute Gasteiger partial charge is 0.497 e. The lowest BCUT2D eigenvalue weighted by molar-refractivity contribution is -0.114. The molecule has 3 aromatic rings. The number of hydrogen-bond donors (Lipinski definition) is 1. The van der Waals surface area contributed by atoms with Crippen LogP contribution in [0.2, 0.25) is 5.02 Å². The van der Waals surface area contributed by atoms with Gasteiger partial charge in [0.25, 0.3) is 10.0 Å². The Morgan fingerprint density at radius 1 is 1.00 bits per heavy atom. The number of halogens is 2. The topological polar surface area (TPSA) is 84.9 Å². The number of carbonyl (C=O) groups is 1. The van der Waals surface area contributed by atoms with Crippen LogP contribution >= 0.6 is 11.6 Å². The second-order valence-electron chi connectivity index (χ2n) is 6.56. The number of rotatable bonds is 8. The molecule has 0 bridgehead atoms. The molecule has 0 aliphatic heterocycles.